The molecule has 0 saturated heterocycles. The Hall–Kier alpha value is -2.67. The van der Waals surface area contributed by atoms with Crippen LogP contribution in [0.15, 0.2) is 54.6 Å². The van der Waals surface area contributed by atoms with E-state index in [-0.39, 0.29) is 11.7 Å². The molecule has 0 aliphatic rings. The summed E-state index contributed by atoms with van der Waals surface area (Å²) < 4.78 is 13.4. The van der Waals surface area contributed by atoms with Gasteiger partial charge in [-0.15, -0.1) is 0 Å². The molecule has 0 radical (unpaired) electrons. The van der Waals surface area contributed by atoms with Gasteiger partial charge in [0.25, 0.3) is 0 Å². The third kappa shape index (κ3) is 3.90. The van der Waals surface area contributed by atoms with Gasteiger partial charge >= 0.3 is 0 Å². The zero-order chi connectivity index (χ0) is 15.1. The van der Waals surface area contributed by atoms with Gasteiger partial charge in [-0.05, 0) is 23.6 Å². The van der Waals surface area contributed by atoms with Crippen molar-refractivity contribution in [3.05, 3.63) is 71.5 Å². The third-order valence-corrected chi connectivity index (χ3v) is 3.18. The molecular weight excluding hydrogens is 267 g/mol. The number of rotatable bonds is 5. The average molecular weight is 282 g/mol. The summed E-state index contributed by atoms with van der Waals surface area (Å²) in [5, 5.41) is 11.8. The van der Waals surface area contributed by atoms with Crippen molar-refractivity contribution in [2.75, 3.05) is 6.54 Å². The summed E-state index contributed by atoms with van der Waals surface area (Å²) >= 11 is 0. The molecule has 1 N–H and O–H groups in total. The molecular formula is C17H15FN2O. The van der Waals surface area contributed by atoms with Gasteiger partial charge in [0.05, 0.1) is 6.07 Å². The predicted molar refractivity (Wildman–Crippen MR) is 77.9 cm³/mol. The molecule has 2 aromatic carbocycles. The summed E-state index contributed by atoms with van der Waals surface area (Å²) in [4.78, 5) is 12.0. The van der Waals surface area contributed by atoms with Crippen molar-refractivity contribution < 1.29 is 9.18 Å². The van der Waals surface area contributed by atoms with Crippen LogP contribution in [-0.2, 0) is 11.2 Å². The van der Waals surface area contributed by atoms with Crippen LogP contribution in [0, 0.1) is 17.1 Å². The van der Waals surface area contributed by atoms with E-state index in [0.29, 0.717) is 24.1 Å². The second kappa shape index (κ2) is 7.20. The van der Waals surface area contributed by atoms with E-state index in [1.165, 1.54) is 6.07 Å². The highest BCUT2D eigenvalue weighted by Gasteiger charge is 2.19. The van der Waals surface area contributed by atoms with E-state index in [1.54, 1.807) is 42.5 Å². The second-order valence-corrected chi connectivity index (χ2v) is 4.61. The highest BCUT2D eigenvalue weighted by atomic mass is 19.1. The van der Waals surface area contributed by atoms with Gasteiger partial charge in [-0.2, -0.15) is 5.26 Å². The Labute approximate surface area is 123 Å². The molecule has 1 unspecified atom stereocenters. The van der Waals surface area contributed by atoms with Crippen molar-refractivity contribution in [3.8, 4) is 6.07 Å². The Bertz CT molecular complexity index is 649. The molecule has 0 bridgehead atoms. The van der Waals surface area contributed by atoms with Gasteiger partial charge in [-0.25, -0.2) is 4.39 Å². The van der Waals surface area contributed by atoms with Crippen molar-refractivity contribution in [1.29, 1.82) is 5.26 Å². The number of nitriles is 1. The number of hydrogen-bond acceptors (Lipinski definition) is 2. The molecule has 0 heterocycles. The van der Waals surface area contributed by atoms with Crippen LogP contribution in [0.2, 0.25) is 0 Å². The Kier molecular flexibility index (Phi) is 5.05. The van der Waals surface area contributed by atoms with E-state index in [9.17, 15) is 9.18 Å². The lowest BCUT2D eigenvalue weighted by Gasteiger charge is -2.10. The second-order valence-electron chi connectivity index (χ2n) is 4.61. The summed E-state index contributed by atoms with van der Waals surface area (Å²) in [6, 6.07) is 17.3. The number of halogens is 1. The Balaban J connectivity index is 1.93. The molecule has 1 amide bonds. The van der Waals surface area contributed by atoms with E-state index in [4.69, 9.17) is 5.26 Å². The van der Waals surface area contributed by atoms with E-state index in [0.717, 1.165) is 0 Å². The Morgan fingerprint density at radius 2 is 1.81 bits per heavy atom. The van der Waals surface area contributed by atoms with Crippen molar-refractivity contribution in [1.82, 2.24) is 5.32 Å². The number of nitrogens with one attached hydrogen (secondary N) is 1. The molecule has 0 spiro atoms. The maximum Gasteiger partial charge on any atom is 0.241 e. The number of nitrogens with zero attached hydrogens (tertiary/aromatic N) is 1. The van der Waals surface area contributed by atoms with Gasteiger partial charge in [-0.3, -0.25) is 4.79 Å². The third-order valence-electron chi connectivity index (χ3n) is 3.18. The van der Waals surface area contributed by atoms with Gasteiger partial charge in [0.2, 0.25) is 5.91 Å². The lowest BCUT2D eigenvalue weighted by molar-refractivity contribution is -0.121. The van der Waals surface area contributed by atoms with Crippen LogP contribution < -0.4 is 5.32 Å². The molecule has 0 saturated carbocycles. The predicted octanol–water partition coefficient (Wildman–Crippen LogP) is 2.79. The highest BCUT2D eigenvalue weighted by molar-refractivity contribution is 5.86. The van der Waals surface area contributed by atoms with Crippen molar-refractivity contribution in [3.63, 3.8) is 0 Å². The summed E-state index contributed by atoms with van der Waals surface area (Å²) in [6.07, 6.45) is 0.394. The summed E-state index contributed by atoms with van der Waals surface area (Å²) in [5.74, 6) is -1.49. The fourth-order valence-corrected chi connectivity index (χ4v) is 2.05. The van der Waals surface area contributed by atoms with Crippen molar-refractivity contribution in [2.24, 2.45) is 0 Å². The minimum Gasteiger partial charge on any atom is -0.354 e. The van der Waals surface area contributed by atoms with Gasteiger partial charge in [0, 0.05) is 6.54 Å². The molecule has 0 aliphatic carbocycles. The first-order valence-corrected chi connectivity index (χ1v) is 6.68. The van der Waals surface area contributed by atoms with Crippen LogP contribution in [0.25, 0.3) is 0 Å². The molecule has 4 heteroatoms. The first kappa shape index (κ1) is 14.7. The fourth-order valence-electron chi connectivity index (χ4n) is 2.05. The summed E-state index contributed by atoms with van der Waals surface area (Å²) in [6.45, 7) is 0.296. The van der Waals surface area contributed by atoms with Gasteiger partial charge in [0.1, 0.15) is 11.7 Å². The van der Waals surface area contributed by atoms with Gasteiger partial charge in [0.15, 0.2) is 0 Å². The monoisotopic (exact) mass is 282 g/mol. The van der Waals surface area contributed by atoms with Crippen LogP contribution in [-0.4, -0.2) is 12.5 Å². The first-order chi connectivity index (χ1) is 10.2. The van der Waals surface area contributed by atoms with Crippen molar-refractivity contribution >= 4 is 5.91 Å². The largest absolute Gasteiger partial charge is 0.354 e. The molecule has 2 rings (SSSR count). The summed E-state index contributed by atoms with van der Waals surface area (Å²) in [5.41, 5.74) is 1.20. The molecule has 0 aromatic heterocycles. The van der Waals surface area contributed by atoms with E-state index in [1.807, 2.05) is 12.1 Å². The molecule has 0 fully saturated rings. The van der Waals surface area contributed by atoms with Crippen LogP contribution in [0.3, 0.4) is 0 Å². The van der Waals surface area contributed by atoms with Gasteiger partial charge in [-0.1, -0.05) is 48.5 Å². The lowest BCUT2D eigenvalue weighted by Crippen LogP contribution is -2.30. The maximum atomic E-state index is 13.4. The smallest absolute Gasteiger partial charge is 0.241 e. The zero-order valence-corrected chi connectivity index (χ0v) is 11.4. The fraction of sp³-hybridized carbons (Fsp3) is 0.176. The molecule has 21 heavy (non-hydrogen) atoms. The van der Waals surface area contributed by atoms with E-state index < -0.39 is 5.92 Å². The Morgan fingerprint density at radius 1 is 1.14 bits per heavy atom. The Morgan fingerprint density at radius 3 is 2.48 bits per heavy atom. The molecule has 106 valence electrons. The lowest BCUT2D eigenvalue weighted by atomic mass is 10.00. The van der Waals surface area contributed by atoms with Crippen molar-refractivity contribution in [2.45, 2.75) is 12.3 Å². The van der Waals surface area contributed by atoms with E-state index in [2.05, 4.69) is 5.32 Å². The standard InChI is InChI=1S/C17H15FN2O/c18-16-9-5-4-8-14(16)10-11-20-17(21)15(12-19)13-6-2-1-3-7-13/h1-9,15H,10-11H2,(H,20,21). The van der Waals surface area contributed by atoms with Crippen LogP contribution in [0.4, 0.5) is 4.39 Å². The zero-order valence-electron chi connectivity index (χ0n) is 11.4. The number of amides is 1. The normalized spacial score (nSPS) is 11.4. The summed E-state index contributed by atoms with van der Waals surface area (Å²) in [7, 11) is 0. The van der Waals surface area contributed by atoms with E-state index >= 15 is 0 Å². The van der Waals surface area contributed by atoms with Crippen LogP contribution in [0.1, 0.15) is 17.0 Å². The number of carbonyl (C=O) groups is 1. The highest BCUT2D eigenvalue weighted by Crippen LogP contribution is 2.14. The van der Waals surface area contributed by atoms with Crippen LogP contribution >= 0.6 is 0 Å². The number of hydrogen-bond donors (Lipinski definition) is 1. The number of benzene rings is 2. The minimum atomic E-state index is -0.841. The minimum absolute atomic E-state index is 0.286. The quantitative estimate of drug-likeness (QED) is 0.916. The molecule has 3 nitrogen and oxygen atoms in total. The first-order valence-electron chi connectivity index (χ1n) is 6.68. The molecule has 0 aliphatic heterocycles. The molecule has 1 atom stereocenters. The van der Waals surface area contributed by atoms with Gasteiger partial charge < -0.3 is 5.32 Å². The van der Waals surface area contributed by atoms with Crippen LogP contribution in [0.5, 0.6) is 0 Å². The topological polar surface area (TPSA) is 52.9 Å². The molecule has 2 aromatic rings. The number of carbonyl (C=O) groups excluding carboxylic acids is 1. The average Bonchev–Trinajstić information content (AvgIpc) is 2.51. The SMILES string of the molecule is N#CC(C(=O)NCCc1ccccc1F)c1ccccc1. The maximum absolute atomic E-state index is 13.4.